The molecular formula is C11H16N2O3. The van der Waals surface area contributed by atoms with Crippen LogP contribution in [0, 0.1) is 18.3 Å². The first-order valence-corrected chi connectivity index (χ1v) is 5.26. The minimum Gasteiger partial charge on any atom is -0.480 e. The standard InChI is InChI=1S/C11H16N2O3/c1-3-4-9(10(14)15)13-11(16)12-8-5-7(2)6-8/h1,7-9H,4-6H2,2H3,(H,14,15)(H2,12,13,16). The fourth-order valence-corrected chi connectivity index (χ4v) is 1.72. The number of hydrogen-bond acceptors (Lipinski definition) is 2. The summed E-state index contributed by atoms with van der Waals surface area (Å²) in [7, 11) is 0. The third kappa shape index (κ3) is 3.46. The summed E-state index contributed by atoms with van der Waals surface area (Å²) in [5, 5.41) is 13.8. The van der Waals surface area contributed by atoms with Crippen LogP contribution in [0.25, 0.3) is 0 Å². The Morgan fingerprint density at radius 1 is 1.56 bits per heavy atom. The summed E-state index contributed by atoms with van der Waals surface area (Å²) < 4.78 is 0. The lowest BCUT2D eigenvalue weighted by atomic mass is 9.82. The Morgan fingerprint density at radius 2 is 2.19 bits per heavy atom. The van der Waals surface area contributed by atoms with Gasteiger partial charge in [0.25, 0.3) is 0 Å². The molecule has 1 aliphatic carbocycles. The molecule has 0 heterocycles. The Hall–Kier alpha value is -1.70. The average Bonchev–Trinajstić information content (AvgIpc) is 2.14. The Labute approximate surface area is 94.6 Å². The Morgan fingerprint density at radius 3 is 2.62 bits per heavy atom. The number of carboxylic acids is 1. The smallest absolute Gasteiger partial charge is 0.327 e. The largest absolute Gasteiger partial charge is 0.480 e. The maximum absolute atomic E-state index is 11.4. The van der Waals surface area contributed by atoms with Gasteiger partial charge < -0.3 is 15.7 Å². The maximum Gasteiger partial charge on any atom is 0.327 e. The predicted octanol–water partition coefficient (Wildman–Crippen LogP) is 0.561. The quantitative estimate of drug-likeness (QED) is 0.610. The van der Waals surface area contributed by atoms with Gasteiger partial charge in [-0.05, 0) is 18.8 Å². The zero-order chi connectivity index (χ0) is 12.1. The molecule has 0 saturated heterocycles. The second kappa shape index (κ2) is 5.40. The topological polar surface area (TPSA) is 78.4 Å². The molecule has 0 aliphatic heterocycles. The summed E-state index contributed by atoms with van der Waals surface area (Å²) in [4.78, 5) is 22.1. The average molecular weight is 224 g/mol. The molecule has 0 aromatic carbocycles. The van der Waals surface area contributed by atoms with Crippen LogP contribution in [0.1, 0.15) is 26.2 Å². The summed E-state index contributed by atoms with van der Waals surface area (Å²) >= 11 is 0. The number of terminal acetylenes is 1. The second-order valence-corrected chi connectivity index (χ2v) is 4.19. The van der Waals surface area contributed by atoms with Crippen molar-refractivity contribution in [3.63, 3.8) is 0 Å². The highest BCUT2D eigenvalue weighted by Crippen LogP contribution is 2.25. The molecule has 1 rings (SSSR count). The minimum absolute atomic E-state index is 0.0101. The number of aliphatic carboxylic acids is 1. The molecule has 0 spiro atoms. The number of rotatable bonds is 4. The van der Waals surface area contributed by atoms with E-state index in [0.29, 0.717) is 5.92 Å². The van der Waals surface area contributed by atoms with Gasteiger partial charge in [-0.2, -0.15) is 0 Å². The first kappa shape index (κ1) is 12.4. The molecule has 88 valence electrons. The van der Waals surface area contributed by atoms with Crippen LogP contribution in [0.4, 0.5) is 4.79 Å². The van der Waals surface area contributed by atoms with Gasteiger partial charge in [-0.15, -0.1) is 12.3 Å². The van der Waals surface area contributed by atoms with E-state index in [1.54, 1.807) is 0 Å². The van der Waals surface area contributed by atoms with Crippen LogP contribution >= 0.6 is 0 Å². The summed E-state index contributed by atoms with van der Waals surface area (Å²) in [5.74, 6) is 1.73. The highest BCUT2D eigenvalue weighted by Gasteiger charge is 2.27. The van der Waals surface area contributed by atoms with Crippen LogP contribution in [-0.2, 0) is 4.79 Å². The van der Waals surface area contributed by atoms with Crippen molar-refractivity contribution in [1.82, 2.24) is 10.6 Å². The van der Waals surface area contributed by atoms with E-state index in [1.807, 2.05) is 0 Å². The molecule has 16 heavy (non-hydrogen) atoms. The van der Waals surface area contributed by atoms with Crippen LogP contribution < -0.4 is 10.6 Å². The summed E-state index contributed by atoms with van der Waals surface area (Å²) in [5.41, 5.74) is 0. The SMILES string of the molecule is C#CCC(NC(=O)NC1CC(C)C1)C(=O)O. The van der Waals surface area contributed by atoms with Crippen molar-refractivity contribution in [1.29, 1.82) is 0 Å². The van der Waals surface area contributed by atoms with Gasteiger partial charge in [-0.3, -0.25) is 0 Å². The molecule has 0 aromatic rings. The van der Waals surface area contributed by atoms with E-state index in [0.717, 1.165) is 12.8 Å². The molecular weight excluding hydrogens is 208 g/mol. The van der Waals surface area contributed by atoms with Gasteiger partial charge in [-0.25, -0.2) is 9.59 Å². The zero-order valence-corrected chi connectivity index (χ0v) is 9.19. The number of hydrogen-bond donors (Lipinski definition) is 3. The molecule has 1 fully saturated rings. The number of nitrogens with one attached hydrogen (secondary N) is 2. The molecule has 5 heteroatoms. The van der Waals surface area contributed by atoms with Crippen molar-refractivity contribution in [3.05, 3.63) is 0 Å². The van der Waals surface area contributed by atoms with E-state index in [9.17, 15) is 9.59 Å². The predicted molar refractivity (Wildman–Crippen MR) is 58.7 cm³/mol. The zero-order valence-electron chi connectivity index (χ0n) is 9.19. The van der Waals surface area contributed by atoms with Gasteiger partial charge in [-0.1, -0.05) is 6.92 Å². The van der Waals surface area contributed by atoms with E-state index in [1.165, 1.54) is 0 Å². The van der Waals surface area contributed by atoms with E-state index < -0.39 is 18.0 Å². The molecule has 0 radical (unpaired) electrons. The van der Waals surface area contributed by atoms with E-state index in [-0.39, 0.29) is 12.5 Å². The van der Waals surface area contributed by atoms with Gasteiger partial charge in [0.05, 0.1) is 0 Å². The number of carbonyl (C=O) groups excluding carboxylic acids is 1. The minimum atomic E-state index is -1.12. The van der Waals surface area contributed by atoms with Crippen LogP contribution in [0.3, 0.4) is 0 Å². The number of carbonyl (C=O) groups is 2. The van der Waals surface area contributed by atoms with Crippen LogP contribution in [-0.4, -0.2) is 29.2 Å². The molecule has 0 aromatic heterocycles. The van der Waals surface area contributed by atoms with Crippen molar-refractivity contribution in [2.24, 2.45) is 5.92 Å². The van der Waals surface area contributed by atoms with Crippen molar-refractivity contribution in [3.8, 4) is 12.3 Å². The Kier molecular flexibility index (Phi) is 4.18. The van der Waals surface area contributed by atoms with E-state index >= 15 is 0 Å². The fraction of sp³-hybridized carbons (Fsp3) is 0.636. The van der Waals surface area contributed by atoms with Gasteiger partial charge in [0.15, 0.2) is 0 Å². The number of carboxylic acid groups (broad SMARTS) is 1. The third-order valence-electron chi connectivity index (χ3n) is 2.63. The van der Waals surface area contributed by atoms with E-state index in [2.05, 4.69) is 23.5 Å². The first-order chi connectivity index (χ1) is 7.52. The van der Waals surface area contributed by atoms with Gasteiger partial charge in [0.1, 0.15) is 6.04 Å². The van der Waals surface area contributed by atoms with Gasteiger partial charge >= 0.3 is 12.0 Å². The molecule has 5 nitrogen and oxygen atoms in total. The molecule has 2 amide bonds. The molecule has 1 saturated carbocycles. The normalized spacial score (nSPS) is 24.8. The monoisotopic (exact) mass is 224 g/mol. The lowest BCUT2D eigenvalue weighted by Gasteiger charge is -2.33. The lowest BCUT2D eigenvalue weighted by molar-refractivity contribution is -0.139. The van der Waals surface area contributed by atoms with Gasteiger partial charge in [0, 0.05) is 12.5 Å². The summed E-state index contributed by atoms with van der Waals surface area (Å²) in [6.45, 7) is 2.11. The van der Waals surface area contributed by atoms with Gasteiger partial charge in [0.2, 0.25) is 0 Å². The highest BCUT2D eigenvalue weighted by molar-refractivity contribution is 5.82. The van der Waals surface area contributed by atoms with Crippen LogP contribution in [0.5, 0.6) is 0 Å². The Bertz CT molecular complexity index is 316. The summed E-state index contributed by atoms with van der Waals surface area (Å²) in [6.07, 6.45) is 6.89. The first-order valence-electron chi connectivity index (χ1n) is 5.26. The lowest BCUT2D eigenvalue weighted by Crippen LogP contribution is -2.51. The number of amides is 2. The third-order valence-corrected chi connectivity index (χ3v) is 2.63. The fourth-order valence-electron chi connectivity index (χ4n) is 1.72. The van der Waals surface area contributed by atoms with Crippen molar-refractivity contribution in [2.45, 2.75) is 38.3 Å². The van der Waals surface area contributed by atoms with Crippen molar-refractivity contribution >= 4 is 12.0 Å². The maximum atomic E-state index is 11.4. The molecule has 1 aliphatic rings. The number of urea groups is 1. The Balaban J connectivity index is 2.31. The van der Waals surface area contributed by atoms with Crippen molar-refractivity contribution in [2.75, 3.05) is 0 Å². The van der Waals surface area contributed by atoms with Crippen LogP contribution in [0.2, 0.25) is 0 Å². The van der Waals surface area contributed by atoms with Crippen molar-refractivity contribution < 1.29 is 14.7 Å². The highest BCUT2D eigenvalue weighted by atomic mass is 16.4. The van der Waals surface area contributed by atoms with Crippen LogP contribution in [0.15, 0.2) is 0 Å². The molecule has 3 N–H and O–H groups in total. The molecule has 0 bridgehead atoms. The second-order valence-electron chi connectivity index (χ2n) is 4.19. The molecule has 1 unspecified atom stereocenters. The molecule has 1 atom stereocenters. The van der Waals surface area contributed by atoms with E-state index in [4.69, 9.17) is 11.5 Å². The summed E-state index contributed by atoms with van der Waals surface area (Å²) in [6, 6.07) is -1.31.